The fraction of sp³-hybridized carbons (Fsp3) is 0.308. The molecule has 2 aromatic carbocycles. The second-order valence-corrected chi connectivity index (χ2v) is 8.76. The van der Waals surface area contributed by atoms with Crippen LogP contribution in [-0.4, -0.2) is 51.1 Å². The van der Waals surface area contributed by atoms with Gasteiger partial charge in [-0.1, -0.05) is 6.07 Å². The first-order chi connectivity index (χ1) is 18.3. The number of ether oxygens (including phenoxy) is 4. The summed E-state index contributed by atoms with van der Waals surface area (Å²) in [6.45, 7) is 5.65. The molecule has 202 valence electrons. The third kappa shape index (κ3) is 7.25. The Balaban J connectivity index is 1.66. The molecule has 38 heavy (non-hydrogen) atoms. The molecular formula is C26H29BrN4O7. The van der Waals surface area contributed by atoms with E-state index < -0.39 is 23.9 Å². The molecule has 3 rings (SSSR count). The van der Waals surface area contributed by atoms with Gasteiger partial charge < -0.3 is 29.6 Å². The van der Waals surface area contributed by atoms with Gasteiger partial charge in [-0.2, -0.15) is 5.10 Å². The number of hydrazone groups is 1. The first-order valence-electron chi connectivity index (χ1n) is 11.8. The maximum atomic E-state index is 12.5. The number of carbonyl (C=O) groups is 3. The predicted molar refractivity (Wildman–Crippen MR) is 143 cm³/mol. The lowest BCUT2D eigenvalue weighted by atomic mass is 9.95. The summed E-state index contributed by atoms with van der Waals surface area (Å²) in [6, 6.07) is 9.10. The first kappa shape index (κ1) is 28.5. The Morgan fingerprint density at radius 3 is 2.53 bits per heavy atom. The number of nitrogens with one attached hydrogen (secondary N) is 3. The summed E-state index contributed by atoms with van der Waals surface area (Å²) in [5.74, 6) is 0.298. The molecule has 0 saturated carbocycles. The van der Waals surface area contributed by atoms with Gasteiger partial charge in [0.25, 0.3) is 5.91 Å². The van der Waals surface area contributed by atoms with E-state index >= 15 is 0 Å². The van der Waals surface area contributed by atoms with Crippen LogP contribution >= 0.6 is 15.9 Å². The monoisotopic (exact) mass is 588 g/mol. The maximum Gasteiger partial charge on any atom is 0.338 e. The molecular weight excluding hydrogens is 560 g/mol. The molecule has 0 spiro atoms. The summed E-state index contributed by atoms with van der Waals surface area (Å²) in [5.41, 5.74) is 4.41. The van der Waals surface area contributed by atoms with E-state index in [0.29, 0.717) is 35.1 Å². The standard InChI is InChI=1S/C26H29BrN4O7/c1-5-36-19-9-7-16(11-18(19)27)13-28-31-22(32)14-38-20-10-8-17(12-21(20)35-4)24-23(25(33)37-6-2)15(3)29-26(34)30-24/h7-13,24H,5-6,14H2,1-4H3,(H,31,32)(H2,29,30,34)/b28-13-/t24-/m0/s1. The summed E-state index contributed by atoms with van der Waals surface area (Å²) < 4.78 is 22.4. The number of carbonyl (C=O) groups excluding carboxylic acids is 3. The molecule has 1 atom stereocenters. The van der Waals surface area contributed by atoms with Crippen molar-refractivity contribution in [3.8, 4) is 17.2 Å². The average Bonchev–Trinajstić information content (AvgIpc) is 2.88. The molecule has 0 fully saturated rings. The van der Waals surface area contributed by atoms with Crippen LogP contribution in [0.1, 0.15) is 37.9 Å². The predicted octanol–water partition coefficient (Wildman–Crippen LogP) is 3.58. The Morgan fingerprint density at radius 1 is 1.08 bits per heavy atom. The largest absolute Gasteiger partial charge is 0.493 e. The Labute approximate surface area is 228 Å². The number of urea groups is 1. The molecule has 2 aromatic rings. The van der Waals surface area contributed by atoms with Crippen molar-refractivity contribution in [2.75, 3.05) is 26.9 Å². The van der Waals surface area contributed by atoms with Gasteiger partial charge in [0, 0.05) is 5.70 Å². The molecule has 1 heterocycles. The minimum atomic E-state index is -0.758. The van der Waals surface area contributed by atoms with Crippen LogP contribution in [0.15, 0.2) is 57.2 Å². The zero-order chi connectivity index (χ0) is 27.7. The number of allylic oxidation sites excluding steroid dienone is 1. The van der Waals surface area contributed by atoms with E-state index in [4.69, 9.17) is 18.9 Å². The fourth-order valence-corrected chi connectivity index (χ4v) is 4.14. The van der Waals surface area contributed by atoms with Crippen LogP contribution in [0.2, 0.25) is 0 Å². The third-order valence-electron chi connectivity index (χ3n) is 5.30. The van der Waals surface area contributed by atoms with Crippen molar-refractivity contribution >= 4 is 40.1 Å². The number of hydrogen-bond donors (Lipinski definition) is 3. The van der Waals surface area contributed by atoms with Gasteiger partial charge in [-0.05, 0) is 78.2 Å². The number of hydrogen-bond acceptors (Lipinski definition) is 8. The first-order valence-corrected chi connectivity index (χ1v) is 12.6. The molecule has 0 aliphatic carbocycles. The van der Waals surface area contributed by atoms with E-state index in [9.17, 15) is 14.4 Å². The van der Waals surface area contributed by atoms with E-state index in [0.717, 1.165) is 10.0 Å². The summed E-state index contributed by atoms with van der Waals surface area (Å²) in [7, 11) is 1.44. The summed E-state index contributed by atoms with van der Waals surface area (Å²) in [6.07, 6.45) is 1.50. The van der Waals surface area contributed by atoms with Crippen LogP contribution in [0, 0.1) is 0 Å². The fourth-order valence-electron chi connectivity index (χ4n) is 3.63. The number of halogens is 1. The minimum absolute atomic E-state index is 0.191. The second-order valence-electron chi connectivity index (χ2n) is 7.91. The molecule has 1 aliphatic heterocycles. The third-order valence-corrected chi connectivity index (χ3v) is 5.92. The number of benzene rings is 2. The smallest absolute Gasteiger partial charge is 0.338 e. The highest BCUT2D eigenvalue weighted by atomic mass is 79.9. The van der Waals surface area contributed by atoms with Gasteiger partial charge in [-0.3, -0.25) is 4.79 Å². The van der Waals surface area contributed by atoms with Gasteiger partial charge in [0.2, 0.25) is 0 Å². The number of rotatable bonds is 11. The van der Waals surface area contributed by atoms with Crippen LogP contribution in [0.5, 0.6) is 17.2 Å². The number of amides is 3. The highest BCUT2D eigenvalue weighted by Crippen LogP contribution is 2.34. The highest BCUT2D eigenvalue weighted by Gasteiger charge is 2.32. The Bertz CT molecular complexity index is 1260. The van der Waals surface area contributed by atoms with E-state index in [1.807, 2.05) is 19.1 Å². The molecule has 3 N–H and O–H groups in total. The van der Waals surface area contributed by atoms with E-state index in [-0.39, 0.29) is 18.8 Å². The molecule has 0 saturated heterocycles. The van der Waals surface area contributed by atoms with Crippen molar-refractivity contribution in [2.45, 2.75) is 26.8 Å². The molecule has 0 radical (unpaired) electrons. The normalized spacial score (nSPS) is 15.0. The van der Waals surface area contributed by atoms with Crippen molar-refractivity contribution in [3.63, 3.8) is 0 Å². The molecule has 11 nitrogen and oxygen atoms in total. The van der Waals surface area contributed by atoms with Crippen LogP contribution in [0.3, 0.4) is 0 Å². The van der Waals surface area contributed by atoms with E-state index in [2.05, 4.69) is 37.1 Å². The van der Waals surface area contributed by atoms with Crippen molar-refractivity contribution in [3.05, 3.63) is 63.3 Å². The van der Waals surface area contributed by atoms with Crippen molar-refractivity contribution < 1.29 is 33.3 Å². The van der Waals surface area contributed by atoms with Gasteiger partial charge in [0.15, 0.2) is 18.1 Å². The van der Waals surface area contributed by atoms with Crippen LogP contribution in [0.4, 0.5) is 4.79 Å². The van der Waals surface area contributed by atoms with Gasteiger partial charge in [0.05, 0.1) is 42.6 Å². The second kappa shape index (κ2) is 13.5. The maximum absolute atomic E-state index is 12.5. The van der Waals surface area contributed by atoms with Crippen LogP contribution < -0.4 is 30.3 Å². The quantitative estimate of drug-likeness (QED) is 0.207. The lowest BCUT2D eigenvalue weighted by molar-refractivity contribution is -0.139. The molecule has 12 heteroatoms. The van der Waals surface area contributed by atoms with Gasteiger partial charge in [0.1, 0.15) is 5.75 Å². The van der Waals surface area contributed by atoms with Gasteiger partial charge in [-0.25, -0.2) is 15.0 Å². The topological polar surface area (TPSA) is 137 Å². The summed E-state index contributed by atoms with van der Waals surface area (Å²) >= 11 is 3.43. The number of methoxy groups -OCH3 is 1. The Kier molecular flexibility index (Phi) is 10.1. The molecule has 0 bridgehead atoms. The molecule has 0 aromatic heterocycles. The SMILES string of the molecule is CCOC(=O)C1=C(C)NC(=O)N[C@H]1c1ccc(OCC(=O)N/N=C\c2ccc(OCC)c(Br)c2)c(OC)c1. The number of esters is 1. The summed E-state index contributed by atoms with van der Waals surface area (Å²) in [4.78, 5) is 36.9. The van der Waals surface area contributed by atoms with E-state index in [1.54, 1.807) is 38.1 Å². The van der Waals surface area contributed by atoms with Crippen molar-refractivity contribution in [1.82, 2.24) is 16.1 Å². The Hall–Kier alpha value is -4.06. The number of nitrogens with zero attached hydrogens (tertiary/aromatic N) is 1. The zero-order valence-corrected chi connectivity index (χ0v) is 23.0. The van der Waals surface area contributed by atoms with E-state index in [1.165, 1.54) is 13.3 Å². The minimum Gasteiger partial charge on any atom is -0.493 e. The summed E-state index contributed by atoms with van der Waals surface area (Å²) in [5, 5.41) is 9.27. The molecule has 0 unspecified atom stereocenters. The Morgan fingerprint density at radius 2 is 1.84 bits per heavy atom. The highest BCUT2D eigenvalue weighted by molar-refractivity contribution is 9.10. The lowest BCUT2D eigenvalue weighted by Gasteiger charge is -2.28. The van der Waals surface area contributed by atoms with Gasteiger partial charge in [-0.15, -0.1) is 0 Å². The van der Waals surface area contributed by atoms with Crippen molar-refractivity contribution in [1.29, 1.82) is 0 Å². The average molecular weight is 589 g/mol. The molecule has 1 aliphatic rings. The zero-order valence-electron chi connectivity index (χ0n) is 21.4. The van der Waals surface area contributed by atoms with Crippen molar-refractivity contribution in [2.24, 2.45) is 5.10 Å². The molecule has 3 amide bonds. The lowest BCUT2D eigenvalue weighted by Crippen LogP contribution is -2.45. The van der Waals surface area contributed by atoms with Gasteiger partial charge >= 0.3 is 12.0 Å². The van der Waals surface area contributed by atoms with Crippen LogP contribution in [0.25, 0.3) is 0 Å². The van der Waals surface area contributed by atoms with Crippen LogP contribution in [-0.2, 0) is 14.3 Å².